The molecule has 0 bridgehead atoms. The predicted octanol–water partition coefficient (Wildman–Crippen LogP) is 2.75. The van der Waals surface area contributed by atoms with E-state index in [4.69, 9.17) is 0 Å². The fraction of sp³-hybridized carbons (Fsp3) is 0.500. The van der Waals surface area contributed by atoms with Crippen molar-refractivity contribution in [2.75, 3.05) is 0 Å². The summed E-state index contributed by atoms with van der Waals surface area (Å²) >= 11 is 0. The van der Waals surface area contributed by atoms with Crippen molar-refractivity contribution < 1.29 is 0 Å². The average molecular weight is 132 g/mol. The maximum absolute atomic E-state index is 3.47. The molecule has 0 saturated heterocycles. The second-order valence-electron chi connectivity index (χ2n) is 3.00. The standard InChI is InChI=1S/C10H12/c1-2-6-10-8-4-3-7-9(10)5-1/h1,5,7,10H,2-4,8H2/t10-/m1/s1. The summed E-state index contributed by atoms with van der Waals surface area (Å²) in [6.07, 6.45) is 15.3. The number of allylic oxidation sites excluding steroid dienone is 4. The molecule has 2 aliphatic rings. The number of rotatable bonds is 0. The first-order valence-corrected chi connectivity index (χ1v) is 4.07. The molecular formula is C10H12. The molecule has 0 amide bonds. The van der Waals surface area contributed by atoms with Gasteiger partial charge in [-0.3, -0.25) is 0 Å². The molecule has 0 unspecified atom stereocenters. The summed E-state index contributed by atoms with van der Waals surface area (Å²) in [5.74, 6) is 0.679. The zero-order valence-corrected chi connectivity index (χ0v) is 6.14. The van der Waals surface area contributed by atoms with Crippen molar-refractivity contribution >= 4 is 0 Å². The van der Waals surface area contributed by atoms with E-state index >= 15 is 0 Å². The Balaban J connectivity index is 2.21. The van der Waals surface area contributed by atoms with Crippen molar-refractivity contribution in [1.82, 2.24) is 0 Å². The molecule has 0 heteroatoms. The first-order valence-electron chi connectivity index (χ1n) is 4.07. The van der Waals surface area contributed by atoms with Crippen molar-refractivity contribution in [2.45, 2.75) is 25.7 Å². The summed E-state index contributed by atoms with van der Waals surface area (Å²) in [5, 5.41) is 0. The van der Waals surface area contributed by atoms with E-state index in [0.717, 1.165) is 6.42 Å². The van der Waals surface area contributed by atoms with Gasteiger partial charge in [-0.2, -0.15) is 0 Å². The molecule has 0 aromatic carbocycles. The zero-order valence-electron chi connectivity index (χ0n) is 6.14. The Hall–Kier alpha value is -0.520. The molecule has 0 N–H and O–H groups in total. The molecule has 0 aromatic rings. The summed E-state index contributed by atoms with van der Waals surface area (Å²) in [6.45, 7) is 0. The fourth-order valence-corrected chi connectivity index (χ4v) is 1.71. The van der Waals surface area contributed by atoms with E-state index in [0.29, 0.717) is 5.92 Å². The molecule has 52 valence electrons. The van der Waals surface area contributed by atoms with Gasteiger partial charge in [0.1, 0.15) is 0 Å². The quantitative estimate of drug-likeness (QED) is 0.475. The highest BCUT2D eigenvalue weighted by atomic mass is 14.2. The Morgan fingerprint density at radius 1 is 1.50 bits per heavy atom. The first kappa shape index (κ1) is 6.21. The van der Waals surface area contributed by atoms with E-state index in [1.807, 2.05) is 0 Å². The number of hydrogen-bond donors (Lipinski definition) is 0. The lowest BCUT2D eigenvalue weighted by Gasteiger charge is -2.23. The van der Waals surface area contributed by atoms with Crippen molar-refractivity contribution in [3.8, 4) is 0 Å². The maximum Gasteiger partial charge on any atom is -0.00520 e. The van der Waals surface area contributed by atoms with Crippen LogP contribution in [0.15, 0.2) is 23.8 Å². The third-order valence-corrected chi connectivity index (χ3v) is 2.27. The lowest BCUT2D eigenvalue weighted by Crippen LogP contribution is -2.10. The molecule has 2 aliphatic carbocycles. The van der Waals surface area contributed by atoms with Gasteiger partial charge in [-0.25, -0.2) is 0 Å². The van der Waals surface area contributed by atoms with E-state index in [9.17, 15) is 0 Å². The van der Waals surface area contributed by atoms with Gasteiger partial charge >= 0.3 is 0 Å². The SMILES string of the molecule is [C]1CC=CC2=CCCC[C@@H]12. The Morgan fingerprint density at radius 2 is 2.50 bits per heavy atom. The summed E-state index contributed by atoms with van der Waals surface area (Å²) in [6, 6.07) is 0. The van der Waals surface area contributed by atoms with E-state index < -0.39 is 0 Å². The van der Waals surface area contributed by atoms with Crippen LogP contribution in [0.2, 0.25) is 0 Å². The Morgan fingerprint density at radius 3 is 3.40 bits per heavy atom. The van der Waals surface area contributed by atoms with Crippen LogP contribution in [0.5, 0.6) is 0 Å². The number of hydrogen-bond acceptors (Lipinski definition) is 0. The van der Waals surface area contributed by atoms with Crippen LogP contribution in [-0.2, 0) is 0 Å². The van der Waals surface area contributed by atoms with Gasteiger partial charge in [0.15, 0.2) is 0 Å². The average Bonchev–Trinajstić information content (AvgIpc) is 2.05. The lowest BCUT2D eigenvalue weighted by atomic mass is 9.81. The lowest BCUT2D eigenvalue weighted by molar-refractivity contribution is 0.563. The van der Waals surface area contributed by atoms with Crippen LogP contribution in [0.3, 0.4) is 0 Å². The minimum absolute atomic E-state index is 0.679. The molecule has 10 heavy (non-hydrogen) atoms. The molecule has 0 nitrogen and oxygen atoms in total. The monoisotopic (exact) mass is 132 g/mol. The minimum Gasteiger partial charge on any atom is -0.0836 e. The zero-order chi connectivity index (χ0) is 6.81. The van der Waals surface area contributed by atoms with Gasteiger partial charge in [0.2, 0.25) is 0 Å². The van der Waals surface area contributed by atoms with Crippen LogP contribution in [0.1, 0.15) is 25.7 Å². The first-order chi connectivity index (χ1) is 4.97. The summed E-state index contributed by atoms with van der Waals surface area (Å²) in [7, 11) is 0. The van der Waals surface area contributed by atoms with E-state index in [2.05, 4.69) is 24.6 Å². The smallest absolute Gasteiger partial charge is 0.00520 e. The van der Waals surface area contributed by atoms with Gasteiger partial charge in [0, 0.05) is 0 Å². The Bertz CT molecular complexity index is 174. The molecule has 0 fully saturated rings. The highest BCUT2D eigenvalue weighted by molar-refractivity contribution is 5.29. The van der Waals surface area contributed by atoms with Crippen molar-refractivity contribution in [2.24, 2.45) is 5.92 Å². The second kappa shape index (κ2) is 2.61. The van der Waals surface area contributed by atoms with Crippen LogP contribution in [-0.4, -0.2) is 0 Å². The highest BCUT2D eigenvalue weighted by Gasteiger charge is 2.17. The molecule has 1 atom stereocenters. The third-order valence-electron chi connectivity index (χ3n) is 2.27. The summed E-state index contributed by atoms with van der Waals surface area (Å²) in [4.78, 5) is 0. The van der Waals surface area contributed by atoms with Crippen LogP contribution >= 0.6 is 0 Å². The normalized spacial score (nSPS) is 31.2. The molecular weight excluding hydrogens is 120 g/mol. The van der Waals surface area contributed by atoms with Crippen molar-refractivity contribution in [1.29, 1.82) is 0 Å². The van der Waals surface area contributed by atoms with Gasteiger partial charge in [-0.05, 0) is 43.6 Å². The van der Waals surface area contributed by atoms with Crippen LogP contribution in [0, 0.1) is 12.3 Å². The minimum atomic E-state index is 0.679. The van der Waals surface area contributed by atoms with Gasteiger partial charge < -0.3 is 0 Å². The van der Waals surface area contributed by atoms with Crippen molar-refractivity contribution in [3.63, 3.8) is 0 Å². The summed E-state index contributed by atoms with van der Waals surface area (Å²) in [5.41, 5.74) is 1.51. The highest BCUT2D eigenvalue weighted by Crippen LogP contribution is 2.31. The Kier molecular flexibility index (Phi) is 1.62. The Labute approximate surface area is 62.6 Å². The van der Waals surface area contributed by atoms with Gasteiger partial charge in [0.25, 0.3) is 0 Å². The van der Waals surface area contributed by atoms with Crippen LogP contribution < -0.4 is 0 Å². The molecule has 0 spiro atoms. The number of fused-ring (bicyclic) bond motifs is 1. The predicted molar refractivity (Wildman–Crippen MR) is 42.4 cm³/mol. The largest absolute Gasteiger partial charge is 0.0836 e. The molecule has 2 radical (unpaired) electrons. The second-order valence-corrected chi connectivity index (χ2v) is 3.00. The van der Waals surface area contributed by atoms with Crippen LogP contribution in [0.4, 0.5) is 0 Å². The maximum atomic E-state index is 3.47. The van der Waals surface area contributed by atoms with Gasteiger partial charge in [-0.15, -0.1) is 0 Å². The molecule has 0 aliphatic heterocycles. The van der Waals surface area contributed by atoms with Gasteiger partial charge in [0.05, 0.1) is 0 Å². The van der Waals surface area contributed by atoms with E-state index in [-0.39, 0.29) is 0 Å². The third kappa shape index (κ3) is 1.03. The van der Waals surface area contributed by atoms with E-state index in [1.165, 1.54) is 24.8 Å². The fourth-order valence-electron chi connectivity index (χ4n) is 1.71. The molecule has 0 saturated carbocycles. The molecule has 0 aromatic heterocycles. The molecule has 0 heterocycles. The summed E-state index contributed by atoms with van der Waals surface area (Å²) < 4.78 is 0. The molecule has 2 rings (SSSR count). The van der Waals surface area contributed by atoms with E-state index in [1.54, 1.807) is 0 Å². The van der Waals surface area contributed by atoms with Gasteiger partial charge in [-0.1, -0.05) is 18.2 Å². The van der Waals surface area contributed by atoms with Crippen LogP contribution in [0.25, 0.3) is 0 Å². The van der Waals surface area contributed by atoms with Crippen molar-refractivity contribution in [3.05, 3.63) is 30.2 Å². The topological polar surface area (TPSA) is 0 Å².